The molecule has 1 fully saturated rings. The molecule has 1 aliphatic heterocycles. The van der Waals surface area contributed by atoms with E-state index in [0.717, 1.165) is 44.0 Å². The third-order valence-corrected chi connectivity index (χ3v) is 5.55. The average Bonchev–Trinajstić information content (AvgIpc) is 2.69. The van der Waals surface area contributed by atoms with Gasteiger partial charge < -0.3 is 19.9 Å². The van der Waals surface area contributed by atoms with E-state index in [-0.39, 0.29) is 12.5 Å². The zero-order chi connectivity index (χ0) is 20.1. The van der Waals surface area contributed by atoms with E-state index in [4.69, 9.17) is 27.9 Å². The summed E-state index contributed by atoms with van der Waals surface area (Å²) in [7, 11) is 0. The molecule has 2 aromatic rings. The number of halogens is 2. The van der Waals surface area contributed by atoms with Gasteiger partial charge in [-0.15, -0.1) is 0 Å². The van der Waals surface area contributed by atoms with Gasteiger partial charge in [0.05, 0.1) is 11.4 Å². The van der Waals surface area contributed by atoms with Crippen molar-refractivity contribution in [2.24, 2.45) is 0 Å². The molecule has 0 unspecified atom stereocenters. The van der Waals surface area contributed by atoms with Gasteiger partial charge in [-0.05, 0) is 55.4 Å². The van der Waals surface area contributed by atoms with Gasteiger partial charge in [0, 0.05) is 36.2 Å². The van der Waals surface area contributed by atoms with Crippen molar-refractivity contribution < 1.29 is 9.53 Å². The predicted molar refractivity (Wildman–Crippen MR) is 116 cm³/mol. The Morgan fingerprint density at radius 3 is 2.54 bits per heavy atom. The third-order valence-electron chi connectivity index (χ3n) is 4.89. The molecular weight excluding hydrogens is 397 g/mol. The van der Waals surface area contributed by atoms with Crippen molar-refractivity contribution in [1.82, 2.24) is 4.90 Å². The number of rotatable bonds is 6. The largest absolute Gasteiger partial charge is 0.484 e. The normalized spacial score (nSPS) is 14.8. The maximum Gasteiger partial charge on any atom is 0.262 e. The molecule has 7 heteroatoms. The van der Waals surface area contributed by atoms with Gasteiger partial charge in [-0.25, -0.2) is 0 Å². The second kappa shape index (κ2) is 9.50. The van der Waals surface area contributed by atoms with Crippen molar-refractivity contribution >= 4 is 40.5 Å². The van der Waals surface area contributed by atoms with Crippen LogP contribution in [0.1, 0.15) is 12.5 Å². The van der Waals surface area contributed by atoms with E-state index >= 15 is 0 Å². The number of carbonyl (C=O) groups excluding carboxylic acids is 1. The number of likely N-dealkylation sites (N-methyl/N-ethyl adjacent to an activating group) is 1. The SMILES string of the molecule is CCN1CCN(c2ccc(Cl)cc2NC(=O)COc2ccc(Cl)c(C)c2)CC1. The van der Waals surface area contributed by atoms with Gasteiger partial charge >= 0.3 is 0 Å². The molecule has 28 heavy (non-hydrogen) atoms. The molecule has 0 spiro atoms. The second-order valence-electron chi connectivity index (χ2n) is 6.83. The molecule has 1 aliphatic rings. The van der Waals surface area contributed by atoms with Crippen molar-refractivity contribution in [3.05, 3.63) is 52.0 Å². The predicted octanol–water partition coefficient (Wildman–Crippen LogP) is 4.46. The van der Waals surface area contributed by atoms with Crippen LogP contribution in [0, 0.1) is 6.92 Å². The van der Waals surface area contributed by atoms with Crippen LogP contribution in [-0.4, -0.2) is 50.1 Å². The van der Waals surface area contributed by atoms with E-state index in [1.807, 2.05) is 25.1 Å². The Bertz CT molecular complexity index is 836. The molecule has 5 nitrogen and oxygen atoms in total. The minimum absolute atomic E-state index is 0.0867. The zero-order valence-corrected chi connectivity index (χ0v) is 17.7. The van der Waals surface area contributed by atoms with E-state index in [0.29, 0.717) is 21.5 Å². The summed E-state index contributed by atoms with van der Waals surface area (Å²) < 4.78 is 5.60. The number of carbonyl (C=O) groups is 1. The van der Waals surface area contributed by atoms with Crippen molar-refractivity contribution in [3.8, 4) is 5.75 Å². The van der Waals surface area contributed by atoms with Gasteiger partial charge in [-0.3, -0.25) is 4.79 Å². The standard InChI is InChI=1S/C21H25Cl2N3O2/c1-3-25-8-10-26(11-9-25)20-7-4-16(22)13-19(20)24-21(27)14-28-17-5-6-18(23)15(2)12-17/h4-7,12-13H,3,8-11,14H2,1-2H3,(H,24,27). The quantitative estimate of drug-likeness (QED) is 0.747. The number of nitrogens with one attached hydrogen (secondary N) is 1. The fraction of sp³-hybridized carbons (Fsp3) is 0.381. The molecule has 0 aromatic heterocycles. The number of anilines is 2. The number of amides is 1. The summed E-state index contributed by atoms with van der Waals surface area (Å²) in [4.78, 5) is 17.1. The molecule has 1 amide bonds. The first-order valence-corrected chi connectivity index (χ1v) is 10.2. The highest BCUT2D eigenvalue weighted by molar-refractivity contribution is 6.31. The Kier molecular flexibility index (Phi) is 7.05. The molecule has 1 saturated heterocycles. The van der Waals surface area contributed by atoms with Crippen LogP contribution in [0.25, 0.3) is 0 Å². The lowest BCUT2D eigenvalue weighted by atomic mass is 10.2. The van der Waals surface area contributed by atoms with E-state index in [1.165, 1.54) is 0 Å². The zero-order valence-electron chi connectivity index (χ0n) is 16.2. The van der Waals surface area contributed by atoms with Gasteiger partial charge in [0.15, 0.2) is 6.61 Å². The average molecular weight is 422 g/mol. The Morgan fingerprint density at radius 2 is 1.86 bits per heavy atom. The second-order valence-corrected chi connectivity index (χ2v) is 7.67. The number of aryl methyl sites for hydroxylation is 1. The summed E-state index contributed by atoms with van der Waals surface area (Å²) in [5, 5.41) is 4.19. The molecule has 0 radical (unpaired) electrons. The van der Waals surface area contributed by atoms with E-state index in [1.54, 1.807) is 18.2 Å². The summed E-state index contributed by atoms with van der Waals surface area (Å²) in [5.41, 5.74) is 2.59. The molecule has 3 rings (SSSR count). The molecule has 2 aromatic carbocycles. The van der Waals surface area contributed by atoms with Crippen LogP contribution in [0.3, 0.4) is 0 Å². The first-order valence-electron chi connectivity index (χ1n) is 9.42. The van der Waals surface area contributed by atoms with Gasteiger partial charge in [0.2, 0.25) is 0 Å². The number of hydrogen-bond donors (Lipinski definition) is 1. The van der Waals surface area contributed by atoms with Crippen LogP contribution in [-0.2, 0) is 4.79 Å². The summed E-state index contributed by atoms with van der Waals surface area (Å²) in [6.45, 7) is 8.88. The van der Waals surface area contributed by atoms with Crippen molar-refractivity contribution in [2.75, 3.05) is 49.5 Å². The lowest BCUT2D eigenvalue weighted by Crippen LogP contribution is -2.46. The topological polar surface area (TPSA) is 44.8 Å². The summed E-state index contributed by atoms with van der Waals surface area (Å²) >= 11 is 12.2. The lowest BCUT2D eigenvalue weighted by Gasteiger charge is -2.36. The minimum Gasteiger partial charge on any atom is -0.484 e. The van der Waals surface area contributed by atoms with Gasteiger partial charge in [-0.1, -0.05) is 30.1 Å². The fourth-order valence-corrected chi connectivity index (χ4v) is 3.52. The maximum atomic E-state index is 12.5. The number of ether oxygens (including phenoxy) is 1. The minimum atomic E-state index is -0.233. The number of hydrogen-bond acceptors (Lipinski definition) is 4. The smallest absolute Gasteiger partial charge is 0.262 e. The van der Waals surface area contributed by atoms with Crippen molar-refractivity contribution in [2.45, 2.75) is 13.8 Å². The van der Waals surface area contributed by atoms with Crippen LogP contribution in [0.2, 0.25) is 10.0 Å². The third kappa shape index (κ3) is 5.31. The molecular formula is C21H25Cl2N3O2. The highest BCUT2D eigenvalue weighted by Gasteiger charge is 2.19. The van der Waals surface area contributed by atoms with Crippen LogP contribution < -0.4 is 15.0 Å². The Hall–Kier alpha value is -1.95. The highest BCUT2D eigenvalue weighted by Crippen LogP contribution is 2.30. The van der Waals surface area contributed by atoms with Crippen molar-refractivity contribution in [3.63, 3.8) is 0 Å². The highest BCUT2D eigenvalue weighted by atomic mass is 35.5. The monoisotopic (exact) mass is 421 g/mol. The first-order chi connectivity index (χ1) is 13.5. The molecule has 0 atom stereocenters. The van der Waals surface area contributed by atoms with Crippen LogP contribution in [0.4, 0.5) is 11.4 Å². The van der Waals surface area contributed by atoms with E-state index < -0.39 is 0 Å². The molecule has 0 aliphatic carbocycles. The molecule has 0 saturated carbocycles. The Labute approximate surface area is 176 Å². The maximum absolute atomic E-state index is 12.5. The lowest BCUT2D eigenvalue weighted by molar-refractivity contribution is -0.118. The van der Waals surface area contributed by atoms with E-state index in [2.05, 4.69) is 22.0 Å². The Morgan fingerprint density at radius 1 is 1.11 bits per heavy atom. The van der Waals surface area contributed by atoms with Gasteiger partial charge in [0.25, 0.3) is 5.91 Å². The van der Waals surface area contributed by atoms with Crippen LogP contribution >= 0.6 is 23.2 Å². The van der Waals surface area contributed by atoms with Crippen LogP contribution in [0.5, 0.6) is 5.75 Å². The summed E-state index contributed by atoms with van der Waals surface area (Å²) in [6, 6.07) is 10.9. The summed E-state index contributed by atoms with van der Waals surface area (Å²) in [5.74, 6) is 0.377. The molecule has 0 bridgehead atoms. The van der Waals surface area contributed by atoms with Crippen molar-refractivity contribution in [1.29, 1.82) is 0 Å². The molecule has 150 valence electrons. The van der Waals surface area contributed by atoms with E-state index in [9.17, 15) is 4.79 Å². The Balaban J connectivity index is 1.65. The van der Waals surface area contributed by atoms with Gasteiger partial charge in [-0.2, -0.15) is 0 Å². The molecule has 1 N–H and O–H groups in total. The number of benzene rings is 2. The fourth-order valence-electron chi connectivity index (χ4n) is 3.23. The number of piperazine rings is 1. The number of nitrogens with zero attached hydrogens (tertiary/aromatic N) is 2. The first kappa shape index (κ1) is 20.8. The van der Waals surface area contributed by atoms with Crippen LogP contribution in [0.15, 0.2) is 36.4 Å². The summed E-state index contributed by atoms with van der Waals surface area (Å²) in [6.07, 6.45) is 0. The van der Waals surface area contributed by atoms with Gasteiger partial charge in [0.1, 0.15) is 5.75 Å². The molecule has 1 heterocycles.